The SMILES string of the molecule is Cc1cc2c3c(c1)OCc1cc(C)cc(c1-3)OC2.Cc1ccc2c(c1)C1(CCC(=O)CC1)c1cc(C)ccc1-2.Cc1ccc2c(c1)C1(CCCCC1)c1cc(C)ccc1-2.Cc1ccc2c(c1)C1(CCNCC1)c1cc(C)ccc1-2.Cc1ccc2c(c1)C1(Cc3ccccc3C1)c1cc(C)ccc1-2.Cc1ccc2c(c1)CC(=O)c1cc(C)ccc1-2.Cc1ccc2c(c1)COc1cc(C)ccc1-2.[HH]. The number of piperidine rings is 1. The number of Topliss-reactive ketones (excluding diaryl/α,β-unsaturated/α-hetero) is 2. The summed E-state index contributed by atoms with van der Waals surface area (Å²) in [6.45, 7) is 34.3. The van der Waals surface area contributed by atoms with Crippen LogP contribution >= 0.6 is 0 Å². The molecule has 2 saturated carbocycles. The maximum atomic E-state index is 12.1. The van der Waals surface area contributed by atoms with Gasteiger partial charge in [-0.1, -0.05) is 323 Å². The Hall–Kier alpha value is -13.0. The van der Waals surface area contributed by atoms with E-state index in [0.29, 0.717) is 37.4 Å². The molecule has 0 aromatic heterocycles. The number of ketones is 2. The first-order valence-corrected chi connectivity index (χ1v) is 49.6. The second-order valence-electron chi connectivity index (χ2n) is 41.6. The van der Waals surface area contributed by atoms with Crippen molar-refractivity contribution in [1.82, 2.24) is 5.32 Å². The van der Waals surface area contributed by atoms with Crippen LogP contribution in [-0.4, -0.2) is 24.7 Å². The van der Waals surface area contributed by atoms with E-state index in [1.807, 2.05) is 13.0 Å². The van der Waals surface area contributed by atoms with Crippen LogP contribution in [0.25, 0.3) is 77.9 Å². The van der Waals surface area contributed by atoms with Crippen LogP contribution in [0.3, 0.4) is 0 Å². The minimum atomic E-state index is 0. The summed E-state index contributed by atoms with van der Waals surface area (Å²) < 4.78 is 17.6. The van der Waals surface area contributed by atoms with Crippen molar-refractivity contribution >= 4 is 11.6 Å². The lowest BCUT2D eigenvalue weighted by Gasteiger charge is -2.36. The van der Waals surface area contributed by atoms with Gasteiger partial charge >= 0.3 is 0 Å². The van der Waals surface area contributed by atoms with Gasteiger partial charge in [-0.05, 0) is 330 Å². The molecule has 135 heavy (non-hydrogen) atoms. The zero-order chi connectivity index (χ0) is 93.1. The van der Waals surface area contributed by atoms with Gasteiger partial charge in [0.05, 0.1) is 0 Å². The topological polar surface area (TPSA) is 73.9 Å². The van der Waals surface area contributed by atoms with E-state index < -0.39 is 0 Å². The fraction of sp³-hybridized carbons (Fsp3) is 0.287. The molecule has 0 atom stereocenters. The quantitative estimate of drug-likeness (QED) is 0.163. The lowest BCUT2D eigenvalue weighted by Crippen LogP contribution is -2.39. The number of fused-ring (bicyclic) bond motifs is 27. The molecule has 8 aliphatic carbocycles. The van der Waals surface area contributed by atoms with Gasteiger partial charge in [0.2, 0.25) is 0 Å². The molecule has 1 saturated heterocycles. The molecule has 4 heterocycles. The summed E-state index contributed by atoms with van der Waals surface area (Å²) in [5.41, 5.74) is 59.1. The van der Waals surface area contributed by atoms with Gasteiger partial charge in [-0.2, -0.15) is 0 Å². The number of rotatable bonds is 0. The van der Waals surface area contributed by atoms with Gasteiger partial charge in [-0.25, -0.2) is 0 Å². The van der Waals surface area contributed by atoms with Crippen LogP contribution < -0.4 is 19.5 Å². The second kappa shape index (κ2) is 35.4. The lowest BCUT2D eigenvalue weighted by molar-refractivity contribution is -0.121. The van der Waals surface area contributed by atoms with E-state index in [2.05, 4.69) is 356 Å². The summed E-state index contributed by atoms with van der Waals surface area (Å²) in [7, 11) is 0. The molecule has 0 radical (unpaired) electrons. The fourth-order valence-electron chi connectivity index (χ4n) is 25.2. The van der Waals surface area contributed by atoms with Crippen molar-refractivity contribution in [2.75, 3.05) is 13.1 Å². The van der Waals surface area contributed by atoms with Crippen molar-refractivity contribution in [2.45, 2.75) is 228 Å². The summed E-state index contributed by atoms with van der Waals surface area (Å²) in [5.74, 6) is 3.69. The van der Waals surface area contributed by atoms with E-state index in [9.17, 15) is 9.59 Å². The highest BCUT2D eigenvalue weighted by Gasteiger charge is 2.50. The molecule has 27 rings (SSSR count). The number of carbonyl (C=O) groups excluding carboxylic acids is 2. The minimum Gasteiger partial charge on any atom is -0.488 e. The van der Waals surface area contributed by atoms with Crippen molar-refractivity contribution < 1.29 is 25.2 Å². The van der Waals surface area contributed by atoms with Crippen LogP contribution in [0.1, 0.15) is 238 Å². The third kappa shape index (κ3) is 16.0. The Bertz CT molecular complexity index is 6810. The van der Waals surface area contributed by atoms with Crippen LogP contribution in [0.15, 0.2) is 267 Å². The summed E-state index contributed by atoms with van der Waals surface area (Å²) in [5, 5.41) is 3.53. The predicted octanol–water partition coefficient (Wildman–Crippen LogP) is 31.1. The lowest BCUT2D eigenvalue weighted by atomic mass is 9.67. The van der Waals surface area contributed by atoms with Gasteiger partial charge in [0.25, 0.3) is 0 Å². The third-order valence-corrected chi connectivity index (χ3v) is 31.7. The Morgan fingerprint density at radius 3 is 0.926 bits per heavy atom. The van der Waals surface area contributed by atoms with Crippen molar-refractivity contribution in [3.05, 3.63) is 428 Å². The molecule has 6 heteroatoms. The van der Waals surface area contributed by atoms with Crippen LogP contribution in [0, 0.1) is 96.9 Å². The van der Waals surface area contributed by atoms with Crippen molar-refractivity contribution in [2.24, 2.45) is 0 Å². The average Bonchev–Trinajstić information content (AvgIpc) is 1.53. The number of hydrogen-bond acceptors (Lipinski definition) is 6. The van der Waals surface area contributed by atoms with Crippen LogP contribution in [-0.2, 0) is 65.5 Å². The summed E-state index contributed by atoms with van der Waals surface area (Å²) in [6, 6.07) is 98.9. The largest absolute Gasteiger partial charge is 0.488 e. The highest BCUT2D eigenvalue weighted by molar-refractivity contribution is 6.07. The highest BCUT2D eigenvalue weighted by Crippen LogP contribution is 2.61. The zero-order valence-corrected chi connectivity index (χ0v) is 81.4. The Labute approximate surface area is 801 Å². The zero-order valence-electron chi connectivity index (χ0n) is 81.4. The molecule has 4 spiro atoms. The van der Waals surface area contributed by atoms with Gasteiger partial charge in [0.1, 0.15) is 42.9 Å². The van der Waals surface area contributed by atoms with E-state index >= 15 is 0 Å². The first-order valence-electron chi connectivity index (χ1n) is 49.6. The van der Waals surface area contributed by atoms with E-state index in [1.165, 1.54) is 240 Å². The number of carbonyl (C=O) groups is 2. The Morgan fingerprint density at radius 1 is 0.237 bits per heavy atom. The maximum absolute atomic E-state index is 12.1. The summed E-state index contributed by atoms with van der Waals surface area (Å²) in [4.78, 5) is 23.9. The van der Waals surface area contributed by atoms with Crippen molar-refractivity contribution in [3.8, 4) is 95.1 Å². The fourth-order valence-corrected chi connectivity index (χ4v) is 25.2. The molecule has 678 valence electrons. The molecule has 6 nitrogen and oxygen atoms in total. The third-order valence-electron chi connectivity index (χ3n) is 31.7. The number of aryl methyl sites for hydroxylation is 14. The second-order valence-corrected chi connectivity index (χ2v) is 41.6. The smallest absolute Gasteiger partial charge is 0.167 e. The van der Waals surface area contributed by atoms with Crippen LogP contribution in [0.4, 0.5) is 0 Å². The molecular weight excluding hydrogens is 1640 g/mol. The van der Waals surface area contributed by atoms with Gasteiger partial charge in [-0.3, -0.25) is 9.59 Å². The van der Waals surface area contributed by atoms with Gasteiger partial charge < -0.3 is 19.5 Å². The molecule has 1 N–H and O–H groups in total. The highest BCUT2D eigenvalue weighted by atomic mass is 16.5. The maximum Gasteiger partial charge on any atom is 0.167 e. The molecule has 0 unspecified atom stereocenters. The average molecular weight is 1770 g/mol. The van der Waals surface area contributed by atoms with Crippen LogP contribution in [0.5, 0.6) is 17.2 Å². The molecule has 15 aromatic carbocycles. The van der Waals surface area contributed by atoms with Crippen molar-refractivity contribution in [1.29, 1.82) is 0 Å². The predicted molar refractivity (Wildman–Crippen MR) is 558 cm³/mol. The molecule has 0 amide bonds. The van der Waals surface area contributed by atoms with Crippen LogP contribution in [0.2, 0.25) is 0 Å². The Kier molecular flexibility index (Phi) is 23.2. The van der Waals surface area contributed by atoms with E-state index in [0.717, 1.165) is 91.1 Å². The molecular formula is C129H127NO5. The monoisotopic (exact) mass is 1770 g/mol. The van der Waals surface area contributed by atoms with Gasteiger partial charge in [0.15, 0.2) is 5.78 Å². The molecule has 15 aromatic rings. The van der Waals surface area contributed by atoms with Gasteiger partial charge in [0, 0.05) is 75.7 Å². The summed E-state index contributed by atoms with van der Waals surface area (Å²) in [6.07, 6.45) is 15.5. The van der Waals surface area contributed by atoms with E-state index in [-0.39, 0.29) is 23.5 Å². The van der Waals surface area contributed by atoms with E-state index in [4.69, 9.17) is 14.2 Å². The summed E-state index contributed by atoms with van der Waals surface area (Å²) >= 11 is 0. The molecule has 4 aliphatic heterocycles. The van der Waals surface area contributed by atoms with Crippen molar-refractivity contribution in [3.63, 3.8) is 0 Å². The number of benzene rings is 15. The molecule has 0 bridgehead atoms. The Morgan fingerprint density at radius 2 is 0.526 bits per heavy atom. The molecule has 3 fully saturated rings. The minimum absolute atomic E-state index is 0. The standard InChI is InChI=1S/C23H20.C20H20O.C20H22.C19H21N.C16H14O2.C16H14O.C15H14O.H2/c1-15-7-9-19-20-10-8-16(2)12-22(20)23(21(19)11-15)13-17-5-3-4-6-18(17)14-23;1-13-3-5-16-17-6-4-14(2)12-19(17)20(18(16)11-13)9-7-15(21)8-10-20;1-14-6-8-16-17-9-7-15(2)13-19(17)20(18(16)12-14)10-4-3-5-11-20;1-13-3-5-15-16-6-4-14(2)12-18(16)19(17(15)11-13)7-9-20-10-8-19;1-9-3-11-7-18-14-6-10(2)4-12-8-17-13(5-9)15(11)16(12)14;1-10-3-5-13-12(7-10)9-16(17)15-8-11(2)4-6-14(13)15;1-10-3-5-13-12(7-10)9-16-15-8-11(2)4-6-14(13)15;/h3-12H,13-14H2,1-2H3;3-6,11-12H,7-10H2,1-2H3;6-9,12-13H,3-5,10-11H2,1-2H3;3-6,11-12,20H,7-10H2,1-2H3;3-6H,7-8H2,1-2H3;3-8H,9H2,1-2H3;3-8H,9H2,1-2H3;1H. The van der Waals surface area contributed by atoms with E-state index in [1.54, 1.807) is 22.3 Å². The van der Waals surface area contributed by atoms with Gasteiger partial charge in [-0.15, -0.1) is 0 Å². The number of ether oxygens (including phenoxy) is 3. The number of nitrogens with one attached hydrogen (secondary N) is 1. The number of hydrogen-bond donors (Lipinski definition) is 1. The Balaban J connectivity index is 0.0000000983. The first kappa shape index (κ1) is 88.6. The normalized spacial score (nSPS) is 16.4. The first-order chi connectivity index (χ1) is 65.3. The molecule has 12 aliphatic rings.